The van der Waals surface area contributed by atoms with Gasteiger partial charge in [0, 0.05) is 36.8 Å². The first-order valence-electron chi connectivity index (χ1n) is 6.34. The molecule has 6 nitrogen and oxygen atoms in total. The van der Waals surface area contributed by atoms with Crippen molar-refractivity contribution in [3.05, 3.63) is 33.9 Å². The Kier molecular flexibility index (Phi) is 4.11. The Bertz CT molecular complexity index is 498. The fraction of sp³-hybridized carbons (Fsp3) is 0.462. The molecule has 0 aliphatic heterocycles. The maximum Gasteiger partial charge on any atom is 0.269 e. The minimum Gasteiger partial charge on any atom is -0.326 e. The van der Waals surface area contributed by atoms with Gasteiger partial charge in [-0.05, 0) is 31.4 Å². The zero-order chi connectivity index (χ0) is 13.8. The Morgan fingerprint density at radius 1 is 1.47 bits per heavy atom. The van der Waals surface area contributed by atoms with Gasteiger partial charge in [-0.3, -0.25) is 14.9 Å². The smallest absolute Gasteiger partial charge is 0.269 e. The average molecular weight is 263 g/mol. The Hall–Kier alpha value is -1.95. The van der Waals surface area contributed by atoms with E-state index in [2.05, 4.69) is 10.6 Å². The predicted octanol–water partition coefficient (Wildman–Crippen LogP) is 1.98. The quantitative estimate of drug-likeness (QED) is 0.607. The van der Waals surface area contributed by atoms with E-state index in [-0.39, 0.29) is 11.6 Å². The lowest BCUT2D eigenvalue weighted by Gasteiger charge is -2.08. The van der Waals surface area contributed by atoms with Crippen molar-refractivity contribution in [1.82, 2.24) is 5.32 Å². The van der Waals surface area contributed by atoms with Crippen molar-refractivity contribution in [1.29, 1.82) is 0 Å². The van der Waals surface area contributed by atoms with Crippen LogP contribution in [0.2, 0.25) is 0 Å². The molecular weight excluding hydrogens is 246 g/mol. The molecule has 0 heterocycles. The molecule has 0 bridgehead atoms. The number of carbonyl (C=O) groups is 1. The Morgan fingerprint density at radius 3 is 2.79 bits per heavy atom. The van der Waals surface area contributed by atoms with Gasteiger partial charge in [-0.1, -0.05) is 0 Å². The van der Waals surface area contributed by atoms with E-state index in [4.69, 9.17) is 0 Å². The van der Waals surface area contributed by atoms with Crippen LogP contribution in [0.15, 0.2) is 18.2 Å². The molecule has 0 saturated heterocycles. The van der Waals surface area contributed by atoms with E-state index in [1.54, 1.807) is 13.0 Å². The summed E-state index contributed by atoms with van der Waals surface area (Å²) in [5, 5.41) is 16.6. The van der Waals surface area contributed by atoms with Gasteiger partial charge in [-0.2, -0.15) is 0 Å². The number of anilines is 1. The van der Waals surface area contributed by atoms with Gasteiger partial charge in [-0.25, -0.2) is 0 Å². The van der Waals surface area contributed by atoms with E-state index in [0.717, 1.165) is 0 Å². The van der Waals surface area contributed by atoms with Gasteiger partial charge in [0.15, 0.2) is 0 Å². The van der Waals surface area contributed by atoms with Gasteiger partial charge in [0.25, 0.3) is 5.69 Å². The molecule has 2 rings (SSSR count). The van der Waals surface area contributed by atoms with Crippen LogP contribution >= 0.6 is 0 Å². The number of non-ortho nitro benzene ring substituents is 1. The fourth-order valence-electron chi connectivity index (χ4n) is 1.79. The van der Waals surface area contributed by atoms with Gasteiger partial charge in [0.2, 0.25) is 5.91 Å². The number of nitro benzene ring substituents is 1. The summed E-state index contributed by atoms with van der Waals surface area (Å²) in [6.45, 7) is 2.41. The molecule has 102 valence electrons. The molecule has 2 N–H and O–H groups in total. The number of hydrogen-bond donors (Lipinski definition) is 2. The van der Waals surface area contributed by atoms with E-state index in [1.165, 1.54) is 25.0 Å². The van der Waals surface area contributed by atoms with Crippen molar-refractivity contribution in [3.63, 3.8) is 0 Å². The van der Waals surface area contributed by atoms with Crippen molar-refractivity contribution in [2.24, 2.45) is 0 Å². The van der Waals surface area contributed by atoms with E-state index in [1.807, 2.05) is 0 Å². The zero-order valence-electron chi connectivity index (χ0n) is 10.8. The van der Waals surface area contributed by atoms with Crippen LogP contribution in [0, 0.1) is 17.0 Å². The third kappa shape index (κ3) is 4.03. The van der Waals surface area contributed by atoms with Crippen LogP contribution in [-0.2, 0) is 4.79 Å². The molecule has 1 aliphatic carbocycles. The number of carbonyl (C=O) groups excluding carboxylic acids is 1. The van der Waals surface area contributed by atoms with Crippen LogP contribution < -0.4 is 10.6 Å². The third-order valence-electron chi connectivity index (χ3n) is 3.06. The molecule has 1 saturated carbocycles. The highest BCUT2D eigenvalue weighted by Gasteiger charge is 2.20. The molecule has 1 aromatic carbocycles. The highest BCUT2D eigenvalue weighted by Crippen LogP contribution is 2.21. The van der Waals surface area contributed by atoms with Crippen molar-refractivity contribution < 1.29 is 9.72 Å². The summed E-state index contributed by atoms with van der Waals surface area (Å²) >= 11 is 0. The Balaban J connectivity index is 1.86. The van der Waals surface area contributed by atoms with E-state index in [0.29, 0.717) is 30.3 Å². The number of nitrogens with zero attached hydrogens (tertiary/aromatic N) is 1. The molecule has 1 amide bonds. The predicted molar refractivity (Wildman–Crippen MR) is 72.1 cm³/mol. The van der Waals surface area contributed by atoms with E-state index < -0.39 is 4.92 Å². The van der Waals surface area contributed by atoms with Gasteiger partial charge in [0.05, 0.1) is 4.92 Å². The summed E-state index contributed by atoms with van der Waals surface area (Å²) in [6, 6.07) is 5.01. The normalized spacial score (nSPS) is 14.2. The van der Waals surface area contributed by atoms with Crippen molar-refractivity contribution >= 4 is 17.3 Å². The molecule has 1 fully saturated rings. The van der Waals surface area contributed by atoms with Crippen LogP contribution in [0.25, 0.3) is 0 Å². The number of amides is 1. The summed E-state index contributed by atoms with van der Waals surface area (Å²) in [7, 11) is 0. The first-order chi connectivity index (χ1) is 9.06. The van der Waals surface area contributed by atoms with Gasteiger partial charge in [0.1, 0.15) is 0 Å². The second kappa shape index (κ2) is 5.79. The van der Waals surface area contributed by atoms with Crippen molar-refractivity contribution in [2.75, 3.05) is 11.9 Å². The lowest BCUT2D eigenvalue weighted by molar-refractivity contribution is -0.384. The lowest BCUT2D eigenvalue weighted by atomic mass is 10.1. The molecule has 1 aliphatic rings. The van der Waals surface area contributed by atoms with E-state index in [9.17, 15) is 14.9 Å². The summed E-state index contributed by atoms with van der Waals surface area (Å²) in [4.78, 5) is 21.9. The number of rotatable bonds is 6. The minimum absolute atomic E-state index is 0.0332. The lowest BCUT2D eigenvalue weighted by Crippen LogP contribution is -2.23. The molecule has 19 heavy (non-hydrogen) atoms. The topological polar surface area (TPSA) is 84.3 Å². The molecule has 6 heteroatoms. The Morgan fingerprint density at radius 2 is 2.21 bits per heavy atom. The molecule has 0 radical (unpaired) electrons. The van der Waals surface area contributed by atoms with Crippen LogP contribution in [0.4, 0.5) is 11.4 Å². The fourth-order valence-corrected chi connectivity index (χ4v) is 1.79. The van der Waals surface area contributed by atoms with Crippen LogP contribution in [-0.4, -0.2) is 23.4 Å². The van der Waals surface area contributed by atoms with Gasteiger partial charge < -0.3 is 10.6 Å². The third-order valence-corrected chi connectivity index (χ3v) is 3.06. The average Bonchev–Trinajstić information content (AvgIpc) is 3.15. The highest BCUT2D eigenvalue weighted by molar-refractivity contribution is 5.91. The SMILES string of the molecule is Cc1cc([N+](=O)[O-])ccc1NC(=O)CCNC1CC1. The maximum absolute atomic E-state index is 11.7. The first kappa shape index (κ1) is 13.5. The van der Waals surface area contributed by atoms with Crippen LogP contribution in [0.1, 0.15) is 24.8 Å². The molecule has 0 aromatic heterocycles. The standard InChI is InChI=1S/C13H17N3O3/c1-9-8-11(16(18)19)4-5-12(9)15-13(17)6-7-14-10-2-3-10/h4-5,8,10,14H,2-3,6-7H2,1H3,(H,15,17). The van der Waals surface area contributed by atoms with Crippen LogP contribution in [0.3, 0.4) is 0 Å². The molecule has 0 atom stereocenters. The molecular formula is C13H17N3O3. The molecule has 1 aromatic rings. The summed E-state index contributed by atoms with van der Waals surface area (Å²) in [5.41, 5.74) is 1.35. The monoisotopic (exact) mass is 263 g/mol. The van der Waals surface area contributed by atoms with E-state index >= 15 is 0 Å². The summed E-state index contributed by atoms with van der Waals surface area (Å²) in [6.07, 6.45) is 2.80. The Labute approximate surface area is 111 Å². The minimum atomic E-state index is -0.446. The number of aryl methyl sites for hydroxylation is 1. The summed E-state index contributed by atoms with van der Waals surface area (Å²) in [5.74, 6) is -0.0786. The maximum atomic E-state index is 11.7. The summed E-state index contributed by atoms with van der Waals surface area (Å²) < 4.78 is 0. The van der Waals surface area contributed by atoms with Gasteiger partial charge >= 0.3 is 0 Å². The first-order valence-corrected chi connectivity index (χ1v) is 6.34. The number of hydrogen-bond acceptors (Lipinski definition) is 4. The van der Waals surface area contributed by atoms with Gasteiger partial charge in [-0.15, -0.1) is 0 Å². The number of benzene rings is 1. The largest absolute Gasteiger partial charge is 0.326 e. The van der Waals surface area contributed by atoms with Crippen molar-refractivity contribution in [3.8, 4) is 0 Å². The number of nitro groups is 1. The van der Waals surface area contributed by atoms with Crippen LogP contribution in [0.5, 0.6) is 0 Å². The van der Waals surface area contributed by atoms with Crippen molar-refractivity contribution in [2.45, 2.75) is 32.2 Å². The number of nitrogens with one attached hydrogen (secondary N) is 2. The second-order valence-corrected chi connectivity index (χ2v) is 4.78. The zero-order valence-corrected chi connectivity index (χ0v) is 10.8. The molecule has 0 spiro atoms. The second-order valence-electron chi connectivity index (χ2n) is 4.78. The highest BCUT2D eigenvalue weighted by atomic mass is 16.6. The molecule has 0 unspecified atom stereocenters.